The quantitative estimate of drug-likeness (QED) is 0.0277. The predicted molar refractivity (Wildman–Crippen MR) is 218 cm³/mol. The van der Waals surface area contributed by atoms with E-state index in [9.17, 15) is 19.2 Å². The summed E-state index contributed by atoms with van der Waals surface area (Å²) in [5.41, 5.74) is 0. The molecule has 0 aliphatic carbocycles. The summed E-state index contributed by atoms with van der Waals surface area (Å²) in [4.78, 5) is 47.4. The number of carbonyl (C=O) groups excluding carboxylic acids is 3. The van der Waals surface area contributed by atoms with Crippen LogP contribution >= 0.6 is 0 Å². The highest BCUT2D eigenvalue weighted by molar-refractivity contribution is 5.87. The van der Waals surface area contributed by atoms with Crippen molar-refractivity contribution in [1.29, 1.82) is 0 Å². The molecule has 0 heterocycles. The molecule has 0 aliphatic heterocycles. The average Bonchev–Trinajstić information content (AvgIpc) is 3.14. The Morgan fingerprint density at radius 3 is 1.47 bits per heavy atom. The maximum absolute atomic E-state index is 12.7. The lowest BCUT2D eigenvalue weighted by Crippen LogP contribution is -2.47. The second-order valence-corrected chi connectivity index (χ2v) is 15.1. The van der Waals surface area contributed by atoms with Gasteiger partial charge in [-0.1, -0.05) is 174 Å². The Labute approximate surface area is 324 Å². The predicted octanol–water partition coefficient (Wildman–Crippen LogP) is 10.7. The third-order valence-electron chi connectivity index (χ3n) is 10.00. The minimum absolute atomic E-state index is 0.0730. The van der Waals surface area contributed by atoms with Crippen molar-refractivity contribution in [2.45, 2.75) is 231 Å². The van der Waals surface area contributed by atoms with Gasteiger partial charge >= 0.3 is 11.9 Å². The first-order chi connectivity index (χ1) is 25.8. The number of unbranched alkanes of at least 4 members (excludes halogenated alkanes) is 26. The van der Waals surface area contributed by atoms with Crippen molar-refractivity contribution >= 4 is 23.8 Å². The van der Waals surface area contributed by atoms with E-state index in [1.165, 1.54) is 128 Å². The van der Waals surface area contributed by atoms with Crippen molar-refractivity contribution in [2.24, 2.45) is 0 Å². The van der Waals surface area contributed by atoms with E-state index in [1.807, 2.05) is 0 Å². The largest absolute Gasteiger partial charge is 0.480 e. The van der Waals surface area contributed by atoms with Crippen LogP contribution in [0, 0.1) is 0 Å². The highest BCUT2D eigenvalue weighted by atomic mass is 16.5. The molecule has 0 spiro atoms. The number of carboxylic acid groups (broad SMARTS) is 1. The van der Waals surface area contributed by atoms with Gasteiger partial charge in [0.05, 0.1) is 13.2 Å². The van der Waals surface area contributed by atoms with Gasteiger partial charge in [0.2, 0.25) is 11.8 Å². The Morgan fingerprint density at radius 1 is 0.566 bits per heavy atom. The van der Waals surface area contributed by atoms with Gasteiger partial charge in [-0.05, 0) is 44.6 Å². The summed E-state index contributed by atoms with van der Waals surface area (Å²) in [6.45, 7) is 3.49. The van der Waals surface area contributed by atoms with E-state index >= 15 is 0 Å². The number of nitrogens with one attached hydrogen (secondary N) is 2. The molecule has 0 aliphatic rings. The maximum Gasteiger partial charge on any atom is 0.328 e. The lowest BCUT2D eigenvalue weighted by Gasteiger charge is -2.15. The summed E-state index contributed by atoms with van der Waals surface area (Å²) in [6.07, 6.45) is 41.2. The number of aliphatic hydroxyl groups excluding tert-OH is 1. The number of aliphatic hydroxyl groups is 1. The van der Waals surface area contributed by atoms with Gasteiger partial charge < -0.3 is 25.6 Å². The summed E-state index contributed by atoms with van der Waals surface area (Å²) < 4.78 is 5.95. The molecule has 4 N–H and O–H groups in total. The lowest BCUT2D eigenvalue weighted by atomic mass is 10.0. The minimum Gasteiger partial charge on any atom is -0.480 e. The second-order valence-electron chi connectivity index (χ2n) is 15.1. The van der Waals surface area contributed by atoms with Crippen LogP contribution in [0.4, 0.5) is 0 Å². The first kappa shape index (κ1) is 50.6. The van der Waals surface area contributed by atoms with E-state index in [-0.39, 0.29) is 24.5 Å². The number of hydrogen-bond donors (Lipinski definition) is 4. The number of carboxylic acids is 1. The molecule has 0 rings (SSSR count). The summed E-state index contributed by atoms with van der Waals surface area (Å²) in [5, 5.41) is 22.5. The van der Waals surface area contributed by atoms with Crippen molar-refractivity contribution in [1.82, 2.24) is 10.6 Å². The van der Waals surface area contributed by atoms with E-state index < -0.39 is 24.5 Å². The fourth-order valence-corrected chi connectivity index (χ4v) is 6.57. The summed E-state index contributed by atoms with van der Waals surface area (Å²) in [7, 11) is 0. The summed E-state index contributed by atoms with van der Waals surface area (Å²) in [6, 6.07) is -1.38. The van der Waals surface area contributed by atoms with Crippen molar-refractivity contribution in [3.05, 3.63) is 12.2 Å². The number of allylic oxidation sites excluding steroid dienone is 1. The third kappa shape index (κ3) is 36.3. The fraction of sp³-hybridized carbons (Fsp3) is 0.864. The molecule has 0 radical (unpaired) electrons. The van der Waals surface area contributed by atoms with Crippen LogP contribution in [-0.2, 0) is 23.9 Å². The van der Waals surface area contributed by atoms with Gasteiger partial charge in [0.25, 0.3) is 0 Å². The number of amides is 2. The van der Waals surface area contributed by atoms with Gasteiger partial charge in [-0.3, -0.25) is 14.4 Å². The molecule has 0 fully saturated rings. The van der Waals surface area contributed by atoms with Gasteiger partial charge in [0.15, 0.2) is 0 Å². The molecule has 0 bridgehead atoms. The summed E-state index contributed by atoms with van der Waals surface area (Å²) >= 11 is 0. The molecule has 53 heavy (non-hydrogen) atoms. The van der Waals surface area contributed by atoms with Gasteiger partial charge in [-0.25, -0.2) is 4.79 Å². The summed E-state index contributed by atoms with van der Waals surface area (Å²) in [5.74, 6) is -2.31. The monoisotopic (exact) mass is 751 g/mol. The molecular weight excluding hydrogens is 668 g/mol. The second kappa shape index (κ2) is 39.3. The fourth-order valence-electron chi connectivity index (χ4n) is 6.57. The van der Waals surface area contributed by atoms with Crippen LogP contribution in [0.5, 0.6) is 0 Å². The Hall–Kier alpha value is -2.42. The molecule has 0 aromatic rings. The van der Waals surface area contributed by atoms with Gasteiger partial charge in [-0.2, -0.15) is 0 Å². The Bertz CT molecular complexity index is 910. The Morgan fingerprint density at radius 2 is 1.00 bits per heavy atom. The molecule has 9 heteroatoms. The highest BCUT2D eigenvalue weighted by Gasteiger charge is 2.18. The van der Waals surface area contributed by atoms with Crippen LogP contribution in [0.2, 0.25) is 0 Å². The normalized spacial score (nSPS) is 12.5. The number of ether oxygens (including phenoxy) is 1. The lowest BCUT2D eigenvalue weighted by molar-refractivity contribution is -0.147. The molecule has 2 amide bonds. The van der Waals surface area contributed by atoms with Crippen molar-refractivity contribution in [3.8, 4) is 0 Å². The van der Waals surface area contributed by atoms with Crippen molar-refractivity contribution < 1.29 is 34.1 Å². The number of rotatable bonds is 40. The molecule has 0 aromatic carbocycles. The number of aliphatic carboxylic acids is 1. The van der Waals surface area contributed by atoms with Gasteiger partial charge in [0.1, 0.15) is 12.1 Å². The van der Waals surface area contributed by atoms with Crippen LogP contribution < -0.4 is 10.6 Å². The molecule has 310 valence electrons. The standard InChI is InChI=1S/C44H82N2O7/c1-3-5-7-9-11-13-14-15-16-17-18-20-22-28-32-36-43(50)53-39(33-29-25-21-19-12-10-8-6-4-2)34-30-26-23-24-27-31-35-41(48)45-37-42(49)46-40(38-47)44(51)52/h29,33,39-40,47H,3-28,30-32,34-38H2,1-2H3,(H,45,48)(H,46,49)(H,51,52)/b33-29-. The van der Waals surface area contributed by atoms with Gasteiger partial charge in [-0.15, -0.1) is 0 Å². The van der Waals surface area contributed by atoms with Crippen LogP contribution in [0.1, 0.15) is 219 Å². The third-order valence-corrected chi connectivity index (χ3v) is 10.00. The first-order valence-electron chi connectivity index (χ1n) is 22.1. The van der Waals surface area contributed by atoms with E-state index in [2.05, 4.69) is 36.6 Å². The molecule has 2 unspecified atom stereocenters. The van der Waals surface area contributed by atoms with Gasteiger partial charge in [0, 0.05) is 12.8 Å². The smallest absolute Gasteiger partial charge is 0.328 e. The van der Waals surface area contributed by atoms with Crippen LogP contribution in [0.3, 0.4) is 0 Å². The van der Waals surface area contributed by atoms with Crippen LogP contribution in [-0.4, -0.2) is 59.3 Å². The van der Waals surface area contributed by atoms with Crippen LogP contribution in [0.25, 0.3) is 0 Å². The molecular formula is C44H82N2O7. The zero-order valence-corrected chi connectivity index (χ0v) is 34.3. The molecule has 0 saturated carbocycles. The van der Waals surface area contributed by atoms with E-state index in [1.54, 1.807) is 0 Å². The molecule has 0 aromatic heterocycles. The Kier molecular flexibility index (Phi) is 37.5. The molecule has 9 nitrogen and oxygen atoms in total. The Balaban J connectivity index is 4.22. The minimum atomic E-state index is -1.38. The van der Waals surface area contributed by atoms with E-state index in [0.717, 1.165) is 57.8 Å². The van der Waals surface area contributed by atoms with Crippen molar-refractivity contribution in [3.63, 3.8) is 0 Å². The number of esters is 1. The van der Waals surface area contributed by atoms with Crippen molar-refractivity contribution in [2.75, 3.05) is 13.2 Å². The van der Waals surface area contributed by atoms with Crippen LogP contribution in [0.15, 0.2) is 12.2 Å². The number of carbonyl (C=O) groups is 4. The van der Waals surface area contributed by atoms with E-state index in [4.69, 9.17) is 14.9 Å². The zero-order valence-electron chi connectivity index (χ0n) is 34.3. The number of hydrogen-bond acceptors (Lipinski definition) is 6. The SMILES string of the molecule is CCCCCCCCC/C=C\C(CCCCCCCCC(=O)NCC(=O)NC(CO)C(=O)O)OC(=O)CCCCCCCCCCCCCCCCC. The maximum atomic E-state index is 12.7. The molecule has 2 atom stereocenters. The first-order valence-corrected chi connectivity index (χ1v) is 22.1. The highest BCUT2D eigenvalue weighted by Crippen LogP contribution is 2.17. The zero-order chi connectivity index (χ0) is 39.0. The topological polar surface area (TPSA) is 142 Å². The molecule has 0 saturated heterocycles. The van der Waals surface area contributed by atoms with E-state index in [0.29, 0.717) is 19.3 Å². The average molecular weight is 751 g/mol.